The van der Waals surface area contributed by atoms with Crippen LogP contribution < -0.4 is 66.3 Å². The van der Waals surface area contributed by atoms with Crippen LogP contribution in [0.4, 0.5) is 11.4 Å². The second kappa shape index (κ2) is 19.4. The van der Waals surface area contributed by atoms with Crippen LogP contribution in [0.15, 0.2) is 72.8 Å². The third-order valence-corrected chi connectivity index (χ3v) is 9.77. The summed E-state index contributed by atoms with van der Waals surface area (Å²) in [5.74, 6) is -0.846. The Morgan fingerprint density at radius 2 is 1.00 bits per heavy atom. The number of benzene rings is 4. The molecule has 4 aromatic rings. The van der Waals surface area contributed by atoms with Crippen molar-refractivity contribution in [2.75, 3.05) is 43.1 Å². The van der Waals surface area contributed by atoms with Crippen LogP contribution in [0, 0.1) is 0 Å². The van der Waals surface area contributed by atoms with Crippen LogP contribution in [0.2, 0.25) is 30.1 Å². The molecule has 0 bridgehead atoms. The average molecular weight is 840 g/mol. The third-order valence-electron chi connectivity index (χ3n) is 7.87. The number of hydrogen-bond acceptors (Lipinski definition) is 6. The molecule has 0 amide bonds. The summed E-state index contributed by atoms with van der Waals surface area (Å²) in [5.41, 5.74) is 3.36. The first-order valence-corrected chi connectivity index (χ1v) is 17.7. The molecule has 0 aromatic heterocycles. The van der Waals surface area contributed by atoms with Crippen molar-refractivity contribution in [3.63, 3.8) is 0 Å². The van der Waals surface area contributed by atoms with Crippen LogP contribution in [0.3, 0.4) is 0 Å². The van der Waals surface area contributed by atoms with Gasteiger partial charge in [0.2, 0.25) is 0 Å². The standard InChI is InChI=1S/C17H14Cl3NO2.C16H12Cl3NO2.C4H9O.K/c1-23-17(22)15-13(19)6-7-14(16(15)20)21-8-11(9-21)10-2-4-12(18)5-3-10;17-11-3-1-9(2-4-11)10-7-20(8-10)13-6-5-12(18)14(15(13)19)16(21)22;1-4(2,3)5;/h2-7,11H,8-9H2,1H3;1-6,10H,7-8H2,(H,21,22);1-3H3;/q;;-1;+1. The number of methoxy groups -OCH3 is 1. The fourth-order valence-corrected chi connectivity index (χ4v) is 6.85. The Morgan fingerprint density at radius 3 is 1.33 bits per heavy atom. The van der Waals surface area contributed by atoms with E-state index in [9.17, 15) is 19.8 Å². The Bertz CT molecular complexity index is 1820. The van der Waals surface area contributed by atoms with E-state index in [0.717, 1.165) is 36.9 Å². The molecule has 0 radical (unpaired) electrons. The topological polar surface area (TPSA) is 93.1 Å². The zero-order valence-electron chi connectivity index (χ0n) is 28.7. The van der Waals surface area contributed by atoms with Gasteiger partial charge in [-0.05, 0) is 59.7 Å². The average Bonchev–Trinajstić information content (AvgIpc) is 2.99. The van der Waals surface area contributed by atoms with E-state index in [4.69, 9.17) is 74.3 Å². The molecule has 7 nitrogen and oxygen atoms in total. The number of ether oxygens (including phenoxy) is 1. The molecule has 14 heteroatoms. The van der Waals surface area contributed by atoms with Gasteiger partial charge in [0.15, 0.2) is 0 Å². The van der Waals surface area contributed by atoms with E-state index in [1.165, 1.54) is 18.2 Å². The third kappa shape index (κ3) is 11.9. The number of carbonyl (C=O) groups excluding carboxylic acids is 1. The summed E-state index contributed by atoms with van der Waals surface area (Å²) >= 11 is 36.3. The normalized spacial score (nSPS) is 14.1. The molecule has 51 heavy (non-hydrogen) atoms. The first-order chi connectivity index (χ1) is 23.5. The minimum atomic E-state index is -1.12. The Kier molecular flexibility index (Phi) is 16.8. The van der Waals surface area contributed by atoms with Gasteiger partial charge in [-0.15, -0.1) is 5.60 Å². The SMILES string of the molecule is CC(C)(C)[O-].COC(=O)c1c(Cl)ccc(N2CC(c3ccc(Cl)cc3)C2)c1Cl.O=C(O)c1c(Cl)ccc(N2CC(c3ccc(Cl)cc3)C2)c1Cl.[K+]. The molecule has 266 valence electrons. The van der Waals surface area contributed by atoms with Gasteiger partial charge in [-0.2, -0.15) is 0 Å². The molecule has 2 saturated heterocycles. The molecule has 0 spiro atoms. The van der Waals surface area contributed by atoms with Crippen molar-refractivity contribution in [1.82, 2.24) is 0 Å². The molecule has 0 saturated carbocycles. The summed E-state index contributed by atoms with van der Waals surface area (Å²) in [6, 6.07) is 22.5. The molecular weight excluding hydrogens is 804 g/mol. The molecule has 4 aromatic carbocycles. The number of hydrogen-bond donors (Lipinski definition) is 1. The molecule has 2 aliphatic heterocycles. The maximum absolute atomic E-state index is 11.8. The van der Waals surface area contributed by atoms with Crippen molar-refractivity contribution in [2.24, 2.45) is 0 Å². The zero-order valence-corrected chi connectivity index (χ0v) is 36.3. The van der Waals surface area contributed by atoms with Gasteiger partial charge in [0.1, 0.15) is 0 Å². The summed E-state index contributed by atoms with van der Waals surface area (Å²) in [7, 11) is 1.31. The monoisotopic (exact) mass is 836 g/mol. The van der Waals surface area contributed by atoms with Gasteiger partial charge in [0.05, 0.1) is 49.7 Å². The number of esters is 1. The summed E-state index contributed by atoms with van der Waals surface area (Å²) in [6.07, 6.45) is 0. The van der Waals surface area contributed by atoms with Crippen molar-refractivity contribution < 1.29 is 75.9 Å². The number of carboxylic acid groups (broad SMARTS) is 1. The van der Waals surface area contributed by atoms with Crippen LogP contribution in [-0.4, -0.2) is 55.9 Å². The zero-order chi connectivity index (χ0) is 36.9. The van der Waals surface area contributed by atoms with Crippen LogP contribution in [0.25, 0.3) is 0 Å². The van der Waals surface area contributed by atoms with E-state index >= 15 is 0 Å². The largest absolute Gasteiger partial charge is 1.00 e. The second-order valence-electron chi connectivity index (χ2n) is 12.7. The molecule has 2 aliphatic rings. The van der Waals surface area contributed by atoms with Gasteiger partial charge in [0.25, 0.3) is 0 Å². The van der Waals surface area contributed by atoms with Gasteiger partial charge in [-0.1, -0.05) is 115 Å². The van der Waals surface area contributed by atoms with E-state index in [1.54, 1.807) is 39.0 Å². The van der Waals surface area contributed by atoms with Crippen molar-refractivity contribution >= 4 is 92.9 Å². The predicted molar refractivity (Wildman–Crippen MR) is 204 cm³/mol. The summed E-state index contributed by atoms with van der Waals surface area (Å²) in [4.78, 5) is 27.2. The van der Waals surface area contributed by atoms with Gasteiger partial charge >= 0.3 is 63.3 Å². The molecule has 1 N–H and O–H groups in total. The van der Waals surface area contributed by atoms with Crippen molar-refractivity contribution in [1.29, 1.82) is 0 Å². The van der Waals surface area contributed by atoms with Crippen LogP contribution in [-0.2, 0) is 4.74 Å². The number of halogens is 6. The molecular formula is C37H35Cl6KN2O5. The van der Waals surface area contributed by atoms with Gasteiger partial charge in [-0.3, -0.25) is 0 Å². The molecule has 0 atom stereocenters. The minimum absolute atomic E-state index is 0. The maximum atomic E-state index is 11.8. The first kappa shape index (κ1) is 44.2. The van der Waals surface area contributed by atoms with Gasteiger partial charge in [-0.25, -0.2) is 9.59 Å². The molecule has 2 heterocycles. The quantitative estimate of drug-likeness (QED) is 0.163. The van der Waals surface area contributed by atoms with E-state index in [2.05, 4.69) is 4.90 Å². The number of rotatable bonds is 6. The van der Waals surface area contributed by atoms with Crippen molar-refractivity contribution in [3.8, 4) is 0 Å². The summed E-state index contributed by atoms with van der Waals surface area (Å²) < 4.78 is 4.75. The number of nitrogens with zero attached hydrogens (tertiary/aromatic N) is 2. The minimum Gasteiger partial charge on any atom is -0.850 e. The number of carbonyl (C=O) groups is 2. The smallest absolute Gasteiger partial charge is 0.850 e. The van der Waals surface area contributed by atoms with E-state index in [-0.39, 0.29) is 72.6 Å². The second-order valence-corrected chi connectivity index (χ2v) is 15.2. The Morgan fingerprint density at radius 1 is 0.667 bits per heavy atom. The fraction of sp³-hybridized carbons (Fsp3) is 0.297. The Hall–Kier alpha value is -1.24. The number of anilines is 2. The van der Waals surface area contributed by atoms with E-state index in [1.807, 2.05) is 59.5 Å². The van der Waals surface area contributed by atoms with E-state index in [0.29, 0.717) is 32.6 Å². The van der Waals surface area contributed by atoms with E-state index < -0.39 is 17.5 Å². The van der Waals surface area contributed by atoms with Gasteiger partial charge in [0, 0.05) is 48.1 Å². The summed E-state index contributed by atoms with van der Waals surface area (Å²) in [6.45, 7) is 8.10. The van der Waals surface area contributed by atoms with Crippen molar-refractivity contribution in [2.45, 2.75) is 38.2 Å². The summed E-state index contributed by atoms with van der Waals surface area (Å²) in [5, 5.41) is 21.7. The number of aromatic carboxylic acids is 1. The van der Waals surface area contributed by atoms with Crippen LogP contribution in [0.1, 0.15) is 64.4 Å². The first-order valence-electron chi connectivity index (χ1n) is 15.5. The predicted octanol–water partition coefficient (Wildman–Crippen LogP) is 7.14. The Balaban J connectivity index is 0.000000239. The van der Waals surface area contributed by atoms with Crippen LogP contribution >= 0.6 is 69.6 Å². The van der Waals surface area contributed by atoms with Crippen LogP contribution in [0.5, 0.6) is 0 Å². The molecule has 6 rings (SSSR count). The fourth-order valence-electron chi connectivity index (χ4n) is 5.30. The molecule has 2 fully saturated rings. The van der Waals surface area contributed by atoms with Gasteiger partial charge < -0.3 is 24.7 Å². The van der Waals surface area contributed by atoms with Crippen molar-refractivity contribution in [3.05, 3.63) is 125 Å². The number of carboxylic acids is 1. The maximum Gasteiger partial charge on any atom is 1.00 e. The molecule has 0 aliphatic carbocycles. The Labute approximate surface area is 371 Å². The molecule has 0 unspecified atom stereocenters.